The molecule has 0 aromatic heterocycles. The molecule has 0 aliphatic rings. The van der Waals surface area contributed by atoms with Crippen LogP contribution in [-0.4, -0.2) is 0 Å². The molecule has 0 rings (SSSR count). The Morgan fingerprint density at radius 2 is 2.00 bits per heavy atom. The van der Waals surface area contributed by atoms with Crippen molar-refractivity contribution in [2.24, 2.45) is 4.88 Å². The largest absolute Gasteiger partial charge is 1.00 e. The van der Waals surface area contributed by atoms with Gasteiger partial charge >= 0.3 is 51.4 Å². The van der Waals surface area contributed by atoms with Gasteiger partial charge in [-0.1, -0.05) is 0 Å². The Bertz CT molecular complexity index is 44.9. The first kappa shape index (κ1) is 9.62. The molecule has 5 heavy (non-hydrogen) atoms. The smallest absolute Gasteiger partial charge is 0.477 e. The van der Waals surface area contributed by atoms with Gasteiger partial charge in [-0.05, 0) is 10.4 Å². The first-order valence-electron chi connectivity index (χ1n) is 0.624. The van der Waals surface area contributed by atoms with E-state index < -0.39 is 0 Å². The Morgan fingerprint density at radius 3 is 2.00 bits per heavy atom. The summed E-state index contributed by atoms with van der Waals surface area (Å²) < 4.78 is 0. The van der Waals surface area contributed by atoms with Crippen molar-refractivity contribution in [3.63, 3.8) is 0 Å². The molecule has 0 saturated heterocycles. The molecule has 0 bridgehead atoms. The van der Waals surface area contributed by atoms with Crippen LogP contribution in [0, 0.1) is 0 Å². The summed E-state index contributed by atoms with van der Waals surface area (Å²) in [4.78, 5) is 5.00. The van der Waals surface area contributed by atoms with Crippen LogP contribution in [0.4, 0.5) is 0 Å². The van der Waals surface area contributed by atoms with Crippen molar-refractivity contribution < 1.29 is 51.4 Å². The Morgan fingerprint density at radius 1 is 1.80 bits per heavy atom. The zero-order chi connectivity index (χ0) is 3.41. The fraction of sp³-hybridized carbons (Fsp3) is 0. The molecule has 0 aromatic carbocycles. The minimum atomic E-state index is 0. The van der Waals surface area contributed by atoms with Crippen LogP contribution >= 0.6 is 9.39 Å². The zero-order valence-electron chi connectivity index (χ0n) is 2.84. The first-order chi connectivity index (χ1) is 1.91. The molecular formula is HKN3P. The van der Waals surface area contributed by atoms with E-state index in [1.165, 1.54) is 0 Å². The van der Waals surface area contributed by atoms with Gasteiger partial charge in [0.25, 0.3) is 0 Å². The predicted molar refractivity (Wildman–Crippen MR) is 17.5 cm³/mol. The van der Waals surface area contributed by atoms with Crippen LogP contribution in [0.1, 0.15) is 0 Å². The fourth-order valence-electron chi connectivity index (χ4n) is 0. The second kappa shape index (κ2) is 9.03. The summed E-state index contributed by atoms with van der Waals surface area (Å²) in [6.45, 7) is 0. The number of hydrogen-bond acceptors (Lipinski definition) is 1. The summed E-state index contributed by atoms with van der Waals surface area (Å²) >= 11 is 0. The van der Waals surface area contributed by atoms with E-state index in [1.807, 2.05) is 0 Å². The number of nitrogens with zero attached hydrogens (tertiary/aromatic N) is 3. The maximum Gasteiger partial charge on any atom is 1.00 e. The topological polar surface area (TPSA) is 48.8 Å². The molecule has 0 amide bonds. The maximum absolute atomic E-state index is 7.28. The van der Waals surface area contributed by atoms with Crippen LogP contribution in [-0.2, 0) is 0 Å². The maximum atomic E-state index is 7.28. The van der Waals surface area contributed by atoms with E-state index in [9.17, 15) is 0 Å². The van der Waals surface area contributed by atoms with E-state index in [4.69, 9.17) is 5.53 Å². The summed E-state index contributed by atoms with van der Waals surface area (Å²) in [5.74, 6) is 0. The normalized spacial score (nSPS) is 3.40. The summed E-state index contributed by atoms with van der Waals surface area (Å²) in [7, 11) is 2.50. The molecule has 22 valence electrons. The number of azide groups is 1. The standard InChI is InChI=1S/K.HN3P/c;1-2-3-4/h;4H/q+1;-1. The number of hydrogen-bond donors (Lipinski definition) is 0. The third-order valence-corrected chi connectivity index (χ3v) is 0.134. The van der Waals surface area contributed by atoms with Crippen LogP contribution in [0.15, 0.2) is 4.88 Å². The second-order valence-corrected chi connectivity index (χ2v) is 0.389. The van der Waals surface area contributed by atoms with Crippen molar-refractivity contribution in [2.45, 2.75) is 0 Å². The van der Waals surface area contributed by atoms with Crippen molar-refractivity contribution in [2.75, 3.05) is 0 Å². The number of rotatable bonds is 0. The van der Waals surface area contributed by atoms with Gasteiger partial charge in [0.2, 0.25) is 0 Å². The molecule has 0 atom stereocenters. The van der Waals surface area contributed by atoms with Crippen molar-refractivity contribution >= 4 is 9.39 Å². The van der Waals surface area contributed by atoms with E-state index >= 15 is 0 Å². The molecule has 0 spiro atoms. The van der Waals surface area contributed by atoms with Gasteiger partial charge in [0, 0.05) is 0 Å². The van der Waals surface area contributed by atoms with Crippen molar-refractivity contribution in [1.82, 2.24) is 0 Å². The van der Waals surface area contributed by atoms with Crippen molar-refractivity contribution in [3.8, 4) is 0 Å². The summed E-state index contributed by atoms with van der Waals surface area (Å²) in [6.07, 6.45) is 0. The fourth-order valence-corrected chi connectivity index (χ4v) is 0. The third kappa shape index (κ3) is 10.9. The first-order valence-corrected chi connectivity index (χ1v) is 1.07. The van der Waals surface area contributed by atoms with Gasteiger partial charge < -0.3 is 9.39 Å². The van der Waals surface area contributed by atoms with Crippen molar-refractivity contribution in [3.05, 3.63) is 10.4 Å². The molecule has 0 heterocycles. The molecule has 0 radical (unpaired) electrons. The molecule has 3 nitrogen and oxygen atoms in total. The van der Waals surface area contributed by atoms with Crippen LogP contribution in [0.25, 0.3) is 10.4 Å². The van der Waals surface area contributed by atoms with Crippen LogP contribution in [0.2, 0.25) is 0 Å². The summed E-state index contributed by atoms with van der Waals surface area (Å²) in [5.41, 5.74) is 7.28. The van der Waals surface area contributed by atoms with Gasteiger partial charge in [-0.2, -0.15) is 0 Å². The van der Waals surface area contributed by atoms with E-state index in [0.717, 1.165) is 0 Å². The van der Waals surface area contributed by atoms with E-state index in [2.05, 4.69) is 19.2 Å². The van der Waals surface area contributed by atoms with Gasteiger partial charge in [0.1, 0.15) is 0 Å². The Hall–Kier alpha value is 1.38. The van der Waals surface area contributed by atoms with Crippen LogP contribution in [0.5, 0.6) is 0 Å². The van der Waals surface area contributed by atoms with Crippen molar-refractivity contribution in [1.29, 1.82) is 0 Å². The molecule has 5 heteroatoms. The minimum Gasteiger partial charge on any atom is -0.477 e. The summed E-state index contributed by atoms with van der Waals surface area (Å²) in [5, 5.41) is 0. The Kier molecular flexibility index (Phi) is 17.4. The molecule has 0 aromatic rings. The Balaban J connectivity index is 0. The third-order valence-electron chi connectivity index (χ3n) is 0.0447. The molecule has 0 aliphatic carbocycles. The van der Waals surface area contributed by atoms with E-state index in [-0.39, 0.29) is 51.4 Å². The molecule has 0 N–H and O–H groups in total. The quantitative estimate of drug-likeness (QED) is 0.119. The summed E-state index contributed by atoms with van der Waals surface area (Å²) in [6, 6.07) is 0. The second-order valence-electron chi connectivity index (χ2n) is 0.189. The average Bonchev–Trinajstić information content (AvgIpc) is 1.37. The molecule has 0 aliphatic heterocycles. The van der Waals surface area contributed by atoms with Crippen LogP contribution in [0.3, 0.4) is 0 Å². The SMILES string of the molecule is [K+].[N-]=[N+]=N[PH-]. The predicted octanol–water partition coefficient (Wildman–Crippen LogP) is -1.64. The monoisotopic (exact) mass is 113 g/mol. The van der Waals surface area contributed by atoms with Gasteiger partial charge in [-0.15, -0.1) is 0 Å². The van der Waals surface area contributed by atoms with Gasteiger partial charge in [0.05, 0.1) is 0 Å². The van der Waals surface area contributed by atoms with Gasteiger partial charge in [-0.25, -0.2) is 0 Å². The van der Waals surface area contributed by atoms with E-state index in [1.54, 1.807) is 0 Å². The van der Waals surface area contributed by atoms with Crippen LogP contribution < -0.4 is 51.4 Å². The van der Waals surface area contributed by atoms with Gasteiger partial charge in [0.15, 0.2) is 0 Å². The molecule has 0 fully saturated rings. The minimum absolute atomic E-state index is 0. The van der Waals surface area contributed by atoms with E-state index in [0.29, 0.717) is 0 Å². The molecule has 0 saturated carbocycles. The zero-order valence-corrected chi connectivity index (χ0v) is 6.96. The van der Waals surface area contributed by atoms with Gasteiger partial charge in [-0.3, -0.25) is 4.88 Å². The molecular weight excluding hydrogens is 112 g/mol. The Labute approximate surface area is 74.8 Å². The molecule has 0 unspecified atom stereocenters. The average molecular weight is 113 g/mol.